The zero-order valence-corrected chi connectivity index (χ0v) is 20.1. The van der Waals surface area contributed by atoms with Crippen LogP contribution in [0, 0.1) is 5.82 Å². The number of benzene rings is 3. The van der Waals surface area contributed by atoms with Crippen molar-refractivity contribution in [1.29, 1.82) is 0 Å². The molecule has 2 unspecified atom stereocenters. The predicted octanol–water partition coefficient (Wildman–Crippen LogP) is 5.03. The zero-order chi connectivity index (χ0) is 24.0. The van der Waals surface area contributed by atoms with E-state index in [2.05, 4.69) is 46.3 Å². The molecule has 35 heavy (non-hydrogen) atoms. The summed E-state index contributed by atoms with van der Waals surface area (Å²) in [6, 6.07) is 23.6. The van der Waals surface area contributed by atoms with Crippen LogP contribution in [0.3, 0.4) is 0 Å². The van der Waals surface area contributed by atoms with E-state index in [1.165, 1.54) is 11.6 Å². The highest BCUT2D eigenvalue weighted by Crippen LogP contribution is 2.51. The van der Waals surface area contributed by atoms with Crippen LogP contribution in [0.15, 0.2) is 72.8 Å². The van der Waals surface area contributed by atoms with E-state index in [0.29, 0.717) is 19.4 Å². The van der Waals surface area contributed by atoms with E-state index in [4.69, 9.17) is 4.74 Å². The molecule has 5 heteroatoms. The summed E-state index contributed by atoms with van der Waals surface area (Å²) in [6.45, 7) is 2.42. The number of nitrogens with one attached hydrogen (secondary N) is 1. The van der Waals surface area contributed by atoms with E-state index in [9.17, 15) is 9.50 Å². The summed E-state index contributed by atoms with van der Waals surface area (Å²) >= 11 is 0. The Bertz CT molecular complexity index is 1370. The normalized spacial score (nSPS) is 24.2. The third-order valence-electron chi connectivity index (χ3n) is 8.32. The monoisotopic (exact) mass is 470 g/mol. The van der Waals surface area contributed by atoms with Gasteiger partial charge in [-0.05, 0) is 66.4 Å². The molecule has 0 spiro atoms. The third-order valence-corrected chi connectivity index (χ3v) is 8.32. The molecule has 0 amide bonds. The van der Waals surface area contributed by atoms with Crippen LogP contribution >= 0.6 is 0 Å². The second kappa shape index (κ2) is 8.51. The summed E-state index contributed by atoms with van der Waals surface area (Å²) in [7, 11) is 1.68. The van der Waals surface area contributed by atoms with E-state index in [0.717, 1.165) is 59.4 Å². The molecule has 2 N–H and O–H groups in total. The number of methoxy groups -OCH3 is 1. The Kier molecular flexibility index (Phi) is 5.42. The van der Waals surface area contributed by atoms with Gasteiger partial charge in [0.25, 0.3) is 0 Å². The number of piperidine rings is 1. The third kappa shape index (κ3) is 3.74. The van der Waals surface area contributed by atoms with E-state index in [-0.39, 0.29) is 5.82 Å². The standard InChI is InChI=1S/C30H31FN2O2/c1-35-24-9-5-8-22(16-24)29-13-15-33(14-12-21-6-3-2-4-7-21)20-30(29,34)18-26-25-11-10-23(31)17-27(25)32-28(26)19-29/h2-11,16-17,32,34H,12-15,18-20H2,1H3. The molecule has 1 aliphatic heterocycles. The lowest BCUT2D eigenvalue weighted by Gasteiger charge is -2.56. The quantitative estimate of drug-likeness (QED) is 0.430. The molecule has 0 saturated carbocycles. The molecule has 4 nitrogen and oxygen atoms in total. The van der Waals surface area contributed by atoms with E-state index in [1.807, 2.05) is 24.3 Å². The molecule has 2 heterocycles. The number of rotatable bonds is 5. The molecular weight excluding hydrogens is 439 g/mol. The first-order valence-electron chi connectivity index (χ1n) is 12.4. The number of ether oxygens (including phenoxy) is 1. The minimum absolute atomic E-state index is 0.248. The van der Waals surface area contributed by atoms with Gasteiger partial charge in [0.2, 0.25) is 0 Å². The summed E-state index contributed by atoms with van der Waals surface area (Å²) in [5.74, 6) is 0.553. The summed E-state index contributed by atoms with van der Waals surface area (Å²) in [6.07, 6.45) is 3.02. The maximum absolute atomic E-state index is 14.0. The van der Waals surface area contributed by atoms with Gasteiger partial charge < -0.3 is 19.7 Å². The smallest absolute Gasteiger partial charge is 0.125 e. The van der Waals surface area contributed by atoms with Crippen molar-refractivity contribution in [3.05, 3.63) is 101 Å². The number of H-pyrrole nitrogens is 1. The molecule has 1 saturated heterocycles. The Hall–Kier alpha value is -3.15. The highest BCUT2D eigenvalue weighted by Gasteiger charge is 2.57. The highest BCUT2D eigenvalue weighted by atomic mass is 19.1. The maximum Gasteiger partial charge on any atom is 0.125 e. The second-order valence-electron chi connectivity index (χ2n) is 10.2. The molecule has 0 bridgehead atoms. The molecule has 2 aliphatic rings. The van der Waals surface area contributed by atoms with E-state index in [1.54, 1.807) is 13.2 Å². The van der Waals surface area contributed by atoms with Gasteiger partial charge in [0.15, 0.2) is 0 Å². The average Bonchev–Trinajstić information content (AvgIpc) is 3.21. The number of halogens is 1. The first-order chi connectivity index (χ1) is 17.0. The minimum Gasteiger partial charge on any atom is -0.497 e. The zero-order valence-electron chi connectivity index (χ0n) is 20.1. The average molecular weight is 471 g/mol. The van der Waals surface area contributed by atoms with Gasteiger partial charge in [0.1, 0.15) is 11.6 Å². The summed E-state index contributed by atoms with van der Waals surface area (Å²) in [5.41, 5.74) is 4.05. The number of likely N-dealkylation sites (tertiary alicyclic amines) is 1. The van der Waals surface area contributed by atoms with Gasteiger partial charge in [-0.25, -0.2) is 4.39 Å². The van der Waals surface area contributed by atoms with Gasteiger partial charge in [0, 0.05) is 47.9 Å². The van der Waals surface area contributed by atoms with Gasteiger partial charge >= 0.3 is 0 Å². The fraction of sp³-hybridized carbons (Fsp3) is 0.333. The topological polar surface area (TPSA) is 48.5 Å². The first kappa shape index (κ1) is 22.3. The van der Waals surface area contributed by atoms with Crippen LogP contribution in [0.1, 0.15) is 28.8 Å². The summed E-state index contributed by atoms with van der Waals surface area (Å²) in [5, 5.41) is 13.5. The van der Waals surface area contributed by atoms with Crippen LogP contribution in [0.2, 0.25) is 0 Å². The maximum atomic E-state index is 14.0. The fourth-order valence-corrected chi connectivity index (χ4v) is 6.45. The summed E-state index contributed by atoms with van der Waals surface area (Å²) in [4.78, 5) is 5.90. The molecular formula is C30H31FN2O2. The molecule has 1 fully saturated rings. The van der Waals surface area contributed by atoms with Crippen LogP contribution in [-0.2, 0) is 24.7 Å². The number of aromatic amines is 1. The number of β-amino-alcohol motifs (C(OH)–C–C–N with tert-alkyl or cyclic N) is 1. The number of aliphatic hydroxyl groups is 1. The van der Waals surface area contributed by atoms with E-state index < -0.39 is 11.0 Å². The Morgan fingerprint density at radius 3 is 2.71 bits per heavy atom. The first-order valence-corrected chi connectivity index (χ1v) is 12.4. The van der Waals surface area contributed by atoms with Crippen molar-refractivity contribution in [2.75, 3.05) is 26.7 Å². The molecule has 1 aromatic heterocycles. The summed E-state index contributed by atoms with van der Waals surface area (Å²) < 4.78 is 19.5. The molecule has 180 valence electrons. The Morgan fingerprint density at radius 1 is 1.03 bits per heavy atom. The van der Waals surface area contributed by atoms with Crippen molar-refractivity contribution in [2.45, 2.75) is 36.7 Å². The SMILES string of the molecule is COc1cccc(C23CCN(CCc4ccccc4)CC2(O)Cc2c([nH]c4cc(F)ccc24)C3)c1. The predicted molar refractivity (Wildman–Crippen MR) is 136 cm³/mol. The molecule has 1 aliphatic carbocycles. The molecule has 3 aromatic carbocycles. The number of nitrogens with zero attached hydrogens (tertiary/aromatic N) is 1. The second-order valence-corrected chi connectivity index (χ2v) is 10.2. The van der Waals surface area contributed by atoms with Gasteiger partial charge in [0.05, 0.1) is 12.7 Å². The van der Waals surface area contributed by atoms with Crippen molar-refractivity contribution < 1.29 is 14.2 Å². The van der Waals surface area contributed by atoms with Gasteiger partial charge in [-0.1, -0.05) is 42.5 Å². The van der Waals surface area contributed by atoms with Crippen molar-refractivity contribution in [3.8, 4) is 5.75 Å². The van der Waals surface area contributed by atoms with Gasteiger partial charge in [-0.2, -0.15) is 0 Å². The number of hydrogen-bond donors (Lipinski definition) is 2. The Labute approximate surface area is 205 Å². The largest absolute Gasteiger partial charge is 0.497 e. The lowest BCUT2D eigenvalue weighted by atomic mass is 9.56. The molecule has 2 atom stereocenters. The van der Waals surface area contributed by atoms with Crippen LogP contribution in [0.5, 0.6) is 5.75 Å². The molecule has 6 rings (SSSR count). The lowest BCUT2D eigenvalue weighted by molar-refractivity contribution is -0.102. The Morgan fingerprint density at radius 2 is 1.89 bits per heavy atom. The van der Waals surface area contributed by atoms with Crippen molar-refractivity contribution in [2.24, 2.45) is 0 Å². The van der Waals surface area contributed by atoms with Crippen LogP contribution in [0.25, 0.3) is 10.9 Å². The molecule has 4 aromatic rings. The number of aromatic nitrogens is 1. The molecule has 0 radical (unpaired) electrons. The Balaban J connectivity index is 1.40. The van der Waals surface area contributed by atoms with Crippen molar-refractivity contribution >= 4 is 10.9 Å². The number of hydrogen-bond acceptors (Lipinski definition) is 3. The number of fused-ring (bicyclic) bond motifs is 4. The highest BCUT2D eigenvalue weighted by molar-refractivity contribution is 5.85. The van der Waals surface area contributed by atoms with Crippen molar-refractivity contribution in [3.63, 3.8) is 0 Å². The lowest BCUT2D eigenvalue weighted by Crippen LogP contribution is -2.66. The van der Waals surface area contributed by atoms with Crippen LogP contribution < -0.4 is 4.74 Å². The fourth-order valence-electron chi connectivity index (χ4n) is 6.45. The van der Waals surface area contributed by atoms with Gasteiger partial charge in [-0.15, -0.1) is 0 Å². The van der Waals surface area contributed by atoms with Crippen molar-refractivity contribution in [1.82, 2.24) is 9.88 Å². The minimum atomic E-state index is -0.954. The van der Waals surface area contributed by atoms with Crippen LogP contribution in [-0.4, -0.2) is 47.3 Å². The van der Waals surface area contributed by atoms with Gasteiger partial charge in [-0.3, -0.25) is 0 Å². The van der Waals surface area contributed by atoms with Crippen LogP contribution in [0.4, 0.5) is 4.39 Å². The van der Waals surface area contributed by atoms with E-state index >= 15 is 0 Å².